The highest BCUT2D eigenvalue weighted by molar-refractivity contribution is 4.95. The van der Waals surface area contributed by atoms with Crippen molar-refractivity contribution in [1.29, 1.82) is 0 Å². The van der Waals surface area contributed by atoms with Crippen LogP contribution in [0.5, 0.6) is 0 Å². The number of hydrogen-bond donors (Lipinski definition) is 0. The Morgan fingerprint density at radius 3 is 2.04 bits per heavy atom. The van der Waals surface area contributed by atoms with E-state index in [2.05, 4.69) is 62.3 Å². The van der Waals surface area contributed by atoms with Gasteiger partial charge in [-0.05, 0) is 66.1 Å². The van der Waals surface area contributed by atoms with Crippen LogP contribution in [0.15, 0.2) is 0 Å². The summed E-state index contributed by atoms with van der Waals surface area (Å²) in [7, 11) is 0. The molecule has 1 rings (SSSR count). The lowest BCUT2D eigenvalue weighted by Gasteiger charge is -2.44. The van der Waals surface area contributed by atoms with Crippen LogP contribution in [0.25, 0.3) is 0 Å². The Morgan fingerprint density at radius 2 is 1.58 bits per heavy atom. The van der Waals surface area contributed by atoms with E-state index in [0.717, 1.165) is 41.4 Å². The molecule has 6 atom stereocenters. The monoisotopic (exact) mass is 364 g/mol. The summed E-state index contributed by atoms with van der Waals surface area (Å²) in [6.45, 7) is 22.4. The second-order valence-corrected chi connectivity index (χ2v) is 11.2. The van der Waals surface area contributed by atoms with E-state index in [0.29, 0.717) is 5.41 Å². The molecular formula is C26H52. The second-order valence-electron chi connectivity index (χ2n) is 11.2. The van der Waals surface area contributed by atoms with E-state index >= 15 is 0 Å². The van der Waals surface area contributed by atoms with E-state index in [1.54, 1.807) is 0 Å². The zero-order valence-corrected chi connectivity index (χ0v) is 19.9. The quantitative estimate of drug-likeness (QED) is 0.270. The minimum atomic E-state index is 0.491. The maximum Gasteiger partial charge on any atom is -0.0306 e. The van der Waals surface area contributed by atoms with Gasteiger partial charge in [0.05, 0.1) is 0 Å². The van der Waals surface area contributed by atoms with Crippen molar-refractivity contribution in [3.05, 3.63) is 0 Å². The molecule has 0 spiro atoms. The molecule has 0 aromatic heterocycles. The normalized spacial score (nSPS) is 25.2. The molecule has 0 aromatic rings. The van der Waals surface area contributed by atoms with Crippen molar-refractivity contribution in [2.24, 2.45) is 46.8 Å². The van der Waals surface area contributed by atoms with Gasteiger partial charge in [-0.2, -0.15) is 0 Å². The molecule has 0 N–H and O–H groups in total. The van der Waals surface area contributed by atoms with Crippen molar-refractivity contribution in [2.75, 3.05) is 0 Å². The minimum Gasteiger partial charge on any atom is -0.0654 e. The molecule has 0 nitrogen and oxygen atoms in total. The maximum atomic E-state index is 2.61. The third kappa shape index (κ3) is 7.55. The highest BCUT2D eigenvalue weighted by Gasteiger charge is 2.46. The van der Waals surface area contributed by atoms with Crippen LogP contribution in [-0.4, -0.2) is 0 Å². The molecule has 0 bridgehead atoms. The fraction of sp³-hybridized carbons (Fsp3) is 1.00. The minimum absolute atomic E-state index is 0.491. The van der Waals surface area contributed by atoms with Gasteiger partial charge in [-0.15, -0.1) is 0 Å². The van der Waals surface area contributed by atoms with Gasteiger partial charge in [-0.1, -0.05) is 101 Å². The van der Waals surface area contributed by atoms with Gasteiger partial charge in [-0.25, -0.2) is 0 Å². The Labute approximate surface area is 167 Å². The first-order chi connectivity index (χ1) is 12.1. The van der Waals surface area contributed by atoms with E-state index in [-0.39, 0.29) is 0 Å². The first-order valence-corrected chi connectivity index (χ1v) is 12.1. The van der Waals surface area contributed by atoms with E-state index in [9.17, 15) is 0 Å². The average molecular weight is 365 g/mol. The highest BCUT2D eigenvalue weighted by atomic mass is 14.5. The molecule has 156 valence electrons. The van der Waals surface area contributed by atoms with Crippen LogP contribution in [0.1, 0.15) is 120 Å². The molecule has 0 amide bonds. The molecule has 1 aliphatic carbocycles. The predicted molar refractivity (Wildman–Crippen MR) is 119 cm³/mol. The van der Waals surface area contributed by atoms with Crippen LogP contribution >= 0.6 is 0 Å². The van der Waals surface area contributed by atoms with Crippen LogP contribution < -0.4 is 0 Å². The number of rotatable bonds is 14. The fourth-order valence-electron chi connectivity index (χ4n) is 6.18. The van der Waals surface area contributed by atoms with Gasteiger partial charge in [0.15, 0.2) is 0 Å². The topological polar surface area (TPSA) is 0 Å². The summed E-state index contributed by atoms with van der Waals surface area (Å²) in [6, 6.07) is 0. The van der Waals surface area contributed by atoms with Crippen molar-refractivity contribution in [2.45, 2.75) is 120 Å². The van der Waals surface area contributed by atoms with Crippen LogP contribution in [0.2, 0.25) is 0 Å². The van der Waals surface area contributed by atoms with Crippen molar-refractivity contribution in [1.82, 2.24) is 0 Å². The molecule has 0 heteroatoms. The van der Waals surface area contributed by atoms with E-state index in [1.807, 2.05) is 0 Å². The van der Waals surface area contributed by atoms with Gasteiger partial charge in [0, 0.05) is 0 Å². The summed E-state index contributed by atoms with van der Waals surface area (Å²) in [5, 5.41) is 0. The van der Waals surface area contributed by atoms with Gasteiger partial charge < -0.3 is 0 Å². The van der Waals surface area contributed by atoms with Gasteiger partial charge in [0.2, 0.25) is 0 Å². The first-order valence-electron chi connectivity index (χ1n) is 12.1. The van der Waals surface area contributed by atoms with Crippen molar-refractivity contribution in [3.63, 3.8) is 0 Å². The Bertz CT molecular complexity index is 366. The van der Waals surface area contributed by atoms with Crippen molar-refractivity contribution in [3.8, 4) is 0 Å². The molecule has 1 aliphatic rings. The average Bonchev–Trinajstić information content (AvgIpc) is 3.27. The smallest absolute Gasteiger partial charge is 0.0306 e. The molecule has 0 aliphatic heterocycles. The third-order valence-electron chi connectivity index (χ3n) is 7.67. The summed E-state index contributed by atoms with van der Waals surface area (Å²) in [5.41, 5.74) is 0.491. The van der Waals surface area contributed by atoms with Crippen LogP contribution in [0, 0.1) is 46.8 Å². The van der Waals surface area contributed by atoms with E-state index in [1.165, 1.54) is 57.8 Å². The number of unbranched alkanes of at least 4 members (excludes halogenated alkanes) is 1. The fourth-order valence-corrected chi connectivity index (χ4v) is 6.18. The zero-order valence-electron chi connectivity index (χ0n) is 19.9. The first kappa shape index (κ1) is 24.0. The summed E-state index contributed by atoms with van der Waals surface area (Å²) < 4.78 is 0. The second kappa shape index (κ2) is 11.1. The predicted octanol–water partition coefficient (Wildman–Crippen LogP) is 8.99. The maximum absolute atomic E-state index is 2.61. The van der Waals surface area contributed by atoms with Crippen LogP contribution in [-0.2, 0) is 0 Å². The lowest BCUT2D eigenvalue weighted by Crippen LogP contribution is -2.37. The standard InChI is InChI=1S/C26H52/c1-10-14-20(5)15-12-13-16-26(8,9)25(22(7)24-18-21(24)6)23(11-2)17-19(3)4/h19-25H,10-18H2,1-9H3. The molecule has 1 saturated carbocycles. The van der Waals surface area contributed by atoms with Crippen LogP contribution in [0.3, 0.4) is 0 Å². The molecular weight excluding hydrogens is 312 g/mol. The molecule has 6 unspecified atom stereocenters. The lowest BCUT2D eigenvalue weighted by molar-refractivity contribution is 0.0455. The van der Waals surface area contributed by atoms with Gasteiger partial charge in [-0.3, -0.25) is 0 Å². The summed E-state index contributed by atoms with van der Waals surface area (Å²) >= 11 is 0. The van der Waals surface area contributed by atoms with Gasteiger partial charge in [0.1, 0.15) is 0 Å². The Balaban J connectivity index is 2.72. The lowest BCUT2D eigenvalue weighted by atomic mass is 9.61. The zero-order chi connectivity index (χ0) is 19.9. The van der Waals surface area contributed by atoms with Gasteiger partial charge in [0.25, 0.3) is 0 Å². The van der Waals surface area contributed by atoms with Crippen LogP contribution in [0.4, 0.5) is 0 Å². The highest BCUT2D eigenvalue weighted by Crippen LogP contribution is 2.54. The Morgan fingerprint density at radius 1 is 0.962 bits per heavy atom. The molecule has 0 aromatic carbocycles. The Hall–Kier alpha value is 0. The molecule has 0 radical (unpaired) electrons. The van der Waals surface area contributed by atoms with Crippen molar-refractivity contribution >= 4 is 0 Å². The summed E-state index contributed by atoms with van der Waals surface area (Å²) in [6.07, 6.45) is 12.8. The molecule has 0 saturated heterocycles. The molecule has 1 fully saturated rings. The van der Waals surface area contributed by atoms with Gasteiger partial charge >= 0.3 is 0 Å². The SMILES string of the molecule is CCCC(C)CCCCC(C)(C)C(C(CC)CC(C)C)C(C)C1CC1C. The molecule has 0 heterocycles. The third-order valence-corrected chi connectivity index (χ3v) is 7.67. The summed E-state index contributed by atoms with van der Waals surface area (Å²) in [5.74, 6) is 6.46. The number of hydrogen-bond acceptors (Lipinski definition) is 0. The van der Waals surface area contributed by atoms with E-state index in [4.69, 9.17) is 0 Å². The van der Waals surface area contributed by atoms with Crippen molar-refractivity contribution < 1.29 is 0 Å². The van der Waals surface area contributed by atoms with E-state index < -0.39 is 0 Å². The summed E-state index contributed by atoms with van der Waals surface area (Å²) in [4.78, 5) is 0. The Kier molecular flexibility index (Phi) is 10.3. The molecule has 26 heavy (non-hydrogen) atoms. The largest absolute Gasteiger partial charge is 0.0654 e.